The summed E-state index contributed by atoms with van der Waals surface area (Å²) in [4.78, 5) is 0. The predicted molar refractivity (Wildman–Crippen MR) is 80.4 cm³/mol. The third-order valence-electron chi connectivity index (χ3n) is 2.86. The van der Waals surface area contributed by atoms with Gasteiger partial charge in [-0.05, 0) is 29.8 Å². The van der Waals surface area contributed by atoms with Gasteiger partial charge < -0.3 is 10.2 Å². The van der Waals surface area contributed by atoms with Crippen molar-refractivity contribution in [3.63, 3.8) is 0 Å². The lowest BCUT2D eigenvalue weighted by molar-refractivity contribution is 0.109. The lowest BCUT2D eigenvalue weighted by atomic mass is 10.0. The van der Waals surface area contributed by atoms with Crippen LogP contribution in [0.2, 0.25) is 5.02 Å². The molecule has 2 atom stereocenters. The minimum absolute atomic E-state index is 0.168. The molecule has 0 fully saturated rings. The quantitative estimate of drug-likeness (QED) is 0.851. The lowest BCUT2D eigenvalue weighted by Crippen LogP contribution is -2.10. The van der Waals surface area contributed by atoms with Gasteiger partial charge in [0.2, 0.25) is 0 Å². The number of rotatable bonds is 3. The highest BCUT2D eigenvalue weighted by atomic mass is 35.5. The Balaban J connectivity index is 1.96. The molecule has 0 aromatic heterocycles. The molecule has 2 aromatic rings. The zero-order chi connectivity index (χ0) is 14.4. The normalized spacial score (nSPS) is 13.2. The van der Waals surface area contributed by atoms with Crippen LogP contribution in [0.3, 0.4) is 0 Å². The molecule has 0 heterocycles. The van der Waals surface area contributed by atoms with Gasteiger partial charge in [0.1, 0.15) is 6.10 Å². The molecule has 0 amide bonds. The highest BCUT2D eigenvalue weighted by molar-refractivity contribution is 6.30. The fraction of sp³-hybridized carbons (Fsp3) is 0.176. The summed E-state index contributed by atoms with van der Waals surface area (Å²) in [6.45, 7) is 0. The van der Waals surface area contributed by atoms with Crippen molar-refractivity contribution in [1.29, 1.82) is 0 Å². The van der Waals surface area contributed by atoms with Crippen LogP contribution in [0.4, 0.5) is 0 Å². The van der Waals surface area contributed by atoms with E-state index < -0.39 is 12.2 Å². The maximum atomic E-state index is 10.0. The standard InChI is InChI=1S/C17H15ClO2/c18-15-9-7-14(8-10-15)17(20)12-16(19)11-6-13-4-2-1-3-5-13/h1-5,7-10,16-17,19-20H,12H2. The summed E-state index contributed by atoms with van der Waals surface area (Å²) in [6, 6.07) is 16.3. The van der Waals surface area contributed by atoms with E-state index in [2.05, 4.69) is 11.8 Å². The lowest BCUT2D eigenvalue weighted by Gasteiger charge is -2.12. The van der Waals surface area contributed by atoms with E-state index >= 15 is 0 Å². The van der Waals surface area contributed by atoms with Crippen molar-refractivity contribution in [2.45, 2.75) is 18.6 Å². The van der Waals surface area contributed by atoms with Gasteiger partial charge in [0.15, 0.2) is 0 Å². The van der Waals surface area contributed by atoms with Gasteiger partial charge in [-0.2, -0.15) is 0 Å². The van der Waals surface area contributed by atoms with E-state index in [1.54, 1.807) is 24.3 Å². The van der Waals surface area contributed by atoms with Crippen molar-refractivity contribution in [2.75, 3.05) is 0 Å². The SMILES string of the molecule is OC(C#Cc1ccccc1)CC(O)c1ccc(Cl)cc1. The Morgan fingerprint density at radius 1 is 0.950 bits per heavy atom. The molecule has 2 N–H and O–H groups in total. The first-order valence-electron chi connectivity index (χ1n) is 6.33. The van der Waals surface area contributed by atoms with Gasteiger partial charge in [0.05, 0.1) is 6.10 Å². The van der Waals surface area contributed by atoms with Crippen LogP contribution in [0.1, 0.15) is 23.7 Å². The van der Waals surface area contributed by atoms with E-state index in [1.165, 1.54) is 0 Å². The summed E-state index contributed by atoms with van der Waals surface area (Å²) in [6.07, 6.45) is -1.46. The van der Waals surface area contributed by atoms with Crippen molar-refractivity contribution in [1.82, 2.24) is 0 Å². The smallest absolute Gasteiger partial charge is 0.117 e. The van der Waals surface area contributed by atoms with Gasteiger partial charge in [-0.3, -0.25) is 0 Å². The Labute approximate surface area is 123 Å². The summed E-state index contributed by atoms with van der Waals surface area (Å²) in [5.41, 5.74) is 1.56. The first-order valence-corrected chi connectivity index (χ1v) is 6.71. The van der Waals surface area contributed by atoms with Crippen LogP contribution in [-0.4, -0.2) is 16.3 Å². The molecule has 2 nitrogen and oxygen atoms in total. The third-order valence-corrected chi connectivity index (χ3v) is 3.11. The Hall–Kier alpha value is -1.79. The first kappa shape index (κ1) is 14.6. The Morgan fingerprint density at radius 2 is 1.60 bits per heavy atom. The van der Waals surface area contributed by atoms with Crippen LogP contribution in [0.25, 0.3) is 0 Å². The number of halogens is 1. The fourth-order valence-electron chi connectivity index (χ4n) is 1.78. The van der Waals surface area contributed by atoms with Gasteiger partial charge in [0.25, 0.3) is 0 Å². The molecule has 0 spiro atoms. The van der Waals surface area contributed by atoms with E-state index in [9.17, 15) is 10.2 Å². The predicted octanol–water partition coefficient (Wildman–Crippen LogP) is 3.18. The summed E-state index contributed by atoms with van der Waals surface area (Å²) < 4.78 is 0. The topological polar surface area (TPSA) is 40.5 Å². The van der Waals surface area contributed by atoms with E-state index in [0.717, 1.165) is 11.1 Å². The van der Waals surface area contributed by atoms with E-state index in [-0.39, 0.29) is 6.42 Å². The van der Waals surface area contributed by atoms with Gasteiger partial charge in [-0.1, -0.05) is 53.8 Å². The van der Waals surface area contributed by atoms with Gasteiger partial charge in [-0.25, -0.2) is 0 Å². The monoisotopic (exact) mass is 286 g/mol. The van der Waals surface area contributed by atoms with Crippen LogP contribution >= 0.6 is 11.6 Å². The van der Waals surface area contributed by atoms with Crippen LogP contribution < -0.4 is 0 Å². The number of benzene rings is 2. The number of aliphatic hydroxyl groups excluding tert-OH is 2. The molecule has 0 saturated carbocycles. The summed E-state index contributed by atoms with van der Waals surface area (Å²) >= 11 is 5.79. The highest BCUT2D eigenvalue weighted by Crippen LogP contribution is 2.20. The molecular weight excluding hydrogens is 272 g/mol. The molecule has 2 aromatic carbocycles. The van der Waals surface area contributed by atoms with Gasteiger partial charge in [0, 0.05) is 17.0 Å². The van der Waals surface area contributed by atoms with Crippen molar-refractivity contribution in [3.05, 3.63) is 70.7 Å². The van der Waals surface area contributed by atoms with E-state index in [0.29, 0.717) is 5.02 Å². The van der Waals surface area contributed by atoms with E-state index in [4.69, 9.17) is 11.6 Å². The van der Waals surface area contributed by atoms with Crippen LogP contribution in [0, 0.1) is 11.8 Å². The van der Waals surface area contributed by atoms with Crippen molar-refractivity contribution >= 4 is 11.6 Å². The molecule has 0 aliphatic carbocycles. The molecule has 3 heteroatoms. The molecule has 0 aliphatic heterocycles. The maximum Gasteiger partial charge on any atom is 0.117 e. The molecule has 20 heavy (non-hydrogen) atoms. The second-order valence-corrected chi connectivity index (χ2v) is 4.89. The minimum atomic E-state index is -0.874. The average molecular weight is 287 g/mol. The van der Waals surface area contributed by atoms with Crippen molar-refractivity contribution in [2.24, 2.45) is 0 Å². The number of aliphatic hydroxyl groups is 2. The Morgan fingerprint density at radius 3 is 2.25 bits per heavy atom. The molecular formula is C17H15ClO2. The van der Waals surface area contributed by atoms with Gasteiger partial charge in [-0.15, -0.1) is 0 Å². The zero-order valence-corrected chi connectivity index (χ0v) is 11.6. The molecule has 0 bridgehead atoms. The third kappa shape index (κ3) is 4.40. The Bertz CT molecular complexity index is 596. The van der Waals surface area contributed by atoms with Crippen LogP contribution in [-0.2, 0) is 0 Å². The number of hydrogen-bond acceptors (Lipinski definition) is 2. The van der Waals surface area contributed by atoms with Crippen molar-refractivity contribution in [3.8, 4) is 11.8 Å². The molecule has 0 saturated heterocycles. The summed E-state index contributed by atoms with van der Waals surface area (Å²) in [5, 5.41) is 20.5. The average Bonchev–Trinajstić information content (AvgIpc) is 2.47. The van der Waals surface area contributed by atoms with Gasteiger partial charge >= 0.3 is 0 Å². The second-order valence-electron chi connectivity index (χ2n) is 4.45. The summed E-state index contributed by atoms with van der Waals surface area (Å²) in [5.74, 6) is 5.61. The first-order chi connectivity index (χ1) is 9.65. The molecule has 0 radical (unpaired) electrons. The van der Waals surface area contributed by atoms with Crippen molar-refractivity contribution < 1.29 is 10.2 Å². The largest absolute Gasteiger partial charge is 0.388 e. The summed E-state index contributed by atoms with van der Waals surface area (Å²) in [7, 11) is 0. The van der Waals surface area contributed by atoms with Crippen LogP contribution in [0.15, 0.2) is 54.6 Å². The fourth-order valence-corrected chi connectivity index (χ4v) is 1.91. The maximum absolute atomic E-state index is 10.0. The zero-order valence-electron chi connectivity index (χ0n) is 10.8. The molecule has 2 rings (SSSR count). The molecule has 2 unspecified atom stereocenters. The highest BCUT2D eigenvalue weighted by Gasteiger charge is 2.11. The van der Waals surface area contributed by atoms with E-state index in [1.807, 2.05) is 30.3 Å². The number of hydrogen-bond donors (Lipinski definition) is 2. The molecule has 102 valence electrons. The van der Waals surface area contributed by atoms with Crippen LogP contribution in [0.5, 0.6) is 0 Å². The minimum Gasteiger partial charge on any atom is -0.388 e. The Kier molecular flexibility index (Phi) is 5.20. The molecule has 0 aliphatic rings. The second kappa shape index (κ2) is 7.12.